The van der Waals surface area contributed by atoms with Gasteiger partial charge in [-0.3, -0.25) is 4.79 Å². The smallest absolute Gasteiger partial charge is 0.306 e. The first kappa shape index (κ1) is 13.1. The Hall–Kier alpha value is -1.36. The van der Waals surface area contributed by atoms with E-state index in [0.29, 0.717) is 6.61 Å². The van der Waals surface area contributed by atoms with Crippen molar-refractivity contribution in [2.75, 3.05) is 6.61 Å². The van der Waals surface area contributed by atoms with Gasteiger partial charge in [0.1, 0.15) is 5.82 Å². The van der Waals surface area contributed by atoms with Crippen molar-refractivity contribution in [3.8, 4) is 0 Å². The lowest BCUT2D eigenvalue weighted by Crippen LogP contribution is -2.26. The number of aliphatic carboxylic acids is 1. The average Bonchev–Trinajstić information content (AvgIpc) is 2.76. The molecule has 0 radical (unpaired) electrons. The molecule has 5 nitrogen and oxygen atoms in total. The molecule has 100 valence electrons. The lowest BCUT2D eigenvalue weighted by atomic mass is 9.87. The number of aryl methyl sites for hydroxylation is 1. The topological polar surface area (TPSA) is 64.4 Å². The summed E-state index contributed by atoms with van der Waals surface area (Å²) in [4.78, 5) is 15.1. The molecule has 0 spiro atoms. The van der Waals surface area contributed by atoms with E-state index in [4.69, 9.17) is 9.84 Å². The molecule has 0 amide bonds. The molecule has 18 heavy (non-hydrogen) atoms. The lowest BCUT2D eigenvalue weighted by molar-refractivity contribution is -0.143. The fourth-order valence-corrected chi connectivity index (χ4v) is 2.43. The molecular formula is C13H20N2O3. The predicted molar refractivity (Wildman–Crippen MR) is 66.2 cm³/mol. The van der Waals surface area contributed by atoms with Crippen LogP contribution in [-0.2, 0) is 23.0 Å². The van der Waals surface area contributed by atoms with Gasteiger partial charge in [0, 0.05) is 25.9 Å². The Balaban J connectivity index is 1.67. The molecule has 1 heterocycles. The third-order valence-electron chi connectivity index (χ3n) is 3.62. The lowest BCUT2D eigenvalue weighted by Gasteiger charge is -2.26. The van der Waals surface area contributed by atoms with Crippen LogP contribution >= 0.6 is 0 Å². The number of aromatic nitrogens is 2. The van der Waals surface area contributed by atoms with E-state index >= 15 is 0 Å². The fourth-order valence-electron chi connectivity index (χ4n) is 2.43. The van der Waals surface area contributed by atoms with Crippen LogP contribution in [0.3, 0.4) is 0 Å². The van der Waals surface area contributed by atoms with Crippen molar-refractivity contribution < 1.29 is 14.6 Å². The maximum absolute atomic E-state index is 10.8. The molecule has 1 fully saturated rings. The second kappa shape index (κ2) is 6.00. The highest BCUT2D eigenvalue weighted by Gasteiger charge is 2.26. The quantitative estimate of drug-likeness (QED) is 0.865. The van der Waals surface area contributed by atoms with Gasteiger partial charge in [0.05, 0.1) is 18.6 Å². The summed E-state index contributed by atoms with van der Waals surface area (Å²) in [6, 6.07) is 0. The van der Waals surface area contributed by atoms with Crippen LogP contribution < -0.4 is 0 Å². The summed E-state index contributed by atoms with van der Waals surface area (Å²) >= 11 is 0. The molecule has 2 rings (SSSR count). The van der Waals surface area contributed by atoms with E-state index in [1.165, 1.54) is 0 Å². The minimum absolute atomic E-state index is 0.167. The van der Waals surface area contributed by atoms with Gasteiger partial charge in [-0.15, -0.1) is 0 Å². The van der Waals surface area contributed by atoms with Crippen LogP contribution in [0.4, 0.5) is 0 Å². The first-order valence-electron chi connectivity index (χ1n) is 6.47. The molecule has 0 aromatic carbocycles. The molecule has 1 N–H and O–H groups in total. The number of hydrogen-bond donors (Lipinski definition) is 1. The van der Waals surface area contributed by atoms with E-state index in [1.54, 1.807) is 6.20 Å². The van der Waals surface area contributed by atoms with E-state index in [-0.39, 0.29) is 12.0 Å². The van der Waals surface area contributed by atoms with Crippen LogP contribution in [0.5, 0.6) is 0 Å². The van der Waals surface area contributed by atoms with Crippen molar-refractivity contribution in [2.45, 2.75) is 38.2 Å². The van der Waals surface area contributed by atoms with Crippen LogP contribution in [0, 0.1) is 5.92 Å². The highest BCUT2D eigenvalue weighted by molar-refractivity contribution is 5.70. The Morgan fingerprint density at radius 3 is 2.78 bits per heavy atom. The summed E-state index contributed by atoms with van der Waals surface area (Å²) in [6.07, 6.45) is 7.93. The van der Waals surface area contributed by atoms with Crippen molar-refractivity contribution in [1.82, 2.24) is 9.55 Å². The summed E-state index contributed by atoms with van der Waals surface area (Å²) in [5, 5.41) is 8.90. The normalized spacial score (nSPS) is 24.1. The van der Waals surface area contributed by atoms with Gasteiger partial charge < -0.3 is 14.4 Å². The van der Waals surface area contributed by atoms with Gasteiger partial charge in [0.15, 0.2) is 0 Å². The number of carbonyl (C=O) groups is 1. The molecule has 0 aliphatic heterocycles. The van der Waals surface area contributed by atoms with Crippen LogP contribution in [0.1, 0.15) is 31.5 Å². The largest absolute Gasteiger partial charge is 0.481 e. The summed E-state index contributed by atoms with van der Waals surface area (Å²) in [5.41, 5.74) is 0. The van der Waals surface area contributed by atoms with Gasteiger partial charge in [0.25, 0.3) is 0 Å². The summed E-state index contributed by atoms with van der Waals surface area (Å²) in [5.74, 6) is 0.190. The number of nitrogens with zero attached hydrogens (tertiary/aromatic N) is 2. The summed E-state index contributed by atoms with van der Waals surface area (Å²) in [7, 11) is 1.97. The SMILES string of the molecule is Cn1ccnc1CCOC1CCC(C(=O)O)CC1. The second-order valence-corrected chi connectivity index (χ2v) is 4.89. The Labute approximate surface area is 107 Å². The van der Waals surface area contributed by atoms with Gasteiger partial charge in [-0.2, -0.15) is 0 Å². The molecule has 0 saturated heterocycles. The second-order valence-electron chi connectivity index (χ2n) is 4.89. The van der Waals surface area contributed by atoms with Crippen LogP contribution in [-0.4, -0.2) is 33.3 Å². The third-order valence-corrected chi connectivity index (χ3v) is 3.62. The zero-order chi connectivity index (χ0) is 13.0. The predicted octanol–water partition coefficient (Wildman–Crippen LogP) is 1.62. The van der Waals surface area contributed by atoms with Gasteiger partial charge in [-0.1, -0.05) is 0 Å². The van der Waals surface area contributed by atoms with Crippen LogP contribution in [0.2, 0.25) is 0 Å². The minimum atomic E-state index is -0.665. The van der Waals surface area contributed by atoms with Crippen molar-refractivity contribution in [2.24, 2.45) is 13.0 Å². The molecule has 0 bridgehead atoms. The van der Waals surface area contributed by atoms with Gasteiger partial charge in [-0.25, -0.2) is 4.98 Å². The molecule has 1 aromatic heterocycles. The average molecular weight is 252 g/mol. The minimum Gasteiger partial charge on any atom is -0.481 e. The first-order valence-corrected chi connectivity index (χ1v) is 6.47. The van der Waals surface area contributed by atoms with Crippen molar-refractivity contribution >= 4 is 5.97 Å². The van der Waals surface area contributed by atoms with Gasteiger partial charge >= 0.3 is 5.97 Å². The Bertz CT molecular complexity index is 395. The van der Waals surface area contributed by atoms with Crippen molar-refractivity contribution in [3.05, 3.63) is 18.2 Å². The molecular weight excluding hydrogens is 232 g/mol. The molecule has 1 aliphatic rings. The van der Waals surface area contributed by atoms with Crippen LogP contribution in [0.15, 0.2) is 12.4 Å². The van der Waals surface area contributed by atoms with E-state index in [2.05, 4.69) is 4.98 Å². The standard InChI is InChI=1S/C13H20N2O3/c1-15-8-7-14-12(15)6-9-18-11-4-2-10(3-5-11)13(16)17/h7-8,10-11H,2-6,9H2,1H3,(H,16,17). The molecule has 1 saturated carbocycles. The summed E-state index contributed by atoms with van der Waals surface area (Å²) in [6.45, 7) is 0.660. The van der Waals surface area contributed by atoms with Crippen LogP contribution in [0.25, 0.3) is 0 Å². The van der Waals surface area contributed by atoms with Gasteiger partial charge in [-0.05, 0) is 25.7 Å². The molecule has 0 unspecified atom stereocenters. The van der Waals surface area contributed by atoms with Gasteiger partial charge in [0.2, 0.25) is 0 Å². The number of carboxylic acid groups (broad SMARTS) is 1. The monoisotopic (exact) mass is 252 g/mol. The molecule has 0 atom stereocenters. The molecule has 1 aliphatic carbocycles. The summed E-state index contributed by atoms with van der Waals surface area (Å²) < 4.78 is 7.78. The fraction of sp³-hybridized carbons (Fsp3) is 0.692. The highest BCUT2D eigenvalue weighted by Crippen LogP contribution is 2.26. The molecule has 5 heteroatoms. The zero-order valence-electron chi connectivity index (χ0n) is 10.7. The molecule has 1 aromatic rings. The third kappa shape index (κ3) is 3.32. The number of imidazole rings is 1. The number of ether oxygens (including phenoxy) is 1. The number of hydrogen-bond acceptors (Lipinski definition) is 3. The van der Waals surface area contributed by atoms with E-state index < -0.39 is 5.97 Å². The maximum atomic E-state index is 10.8. The van der Waals surface area contributed by atoms with E-state index in [0.717, 1.165) is 37.9 Å². The van der Waals surface area contributed by atoms with E-state index in [9.17, 15) is 4.79 Å². The number of carboxylic acids is 1. The Kier molecular flexibility index (Phi) is 4.36. The Morgan fingerprint density at radius 2 is 2.22 bits per heavy atom. The van der Waals surface area contributed by atoms with Crippen molar-refractivity contribution in [3.63, 3.8) is 0 Å². The Morgan fingerprint density at radius 1 is 1.50 bits per heavy atom. The first-order chi connectivity index (χ1) is 8.66. The zero-order valence-corrected chi connectivity index (χ0v) is 10.7. The van der Waals surface area contributed by atoms with Crippen molar-refractivity contribution in [1.29, 1.82) is 0 Å². The van der Waals surface area contributed by atoms with E-state index in [1.807, 2.05) is 17.8 Å². The highest BCUT2D eigenvalue weighted by atomic mass is 16.5. The number of rotatable bonds is 5. The maximum Gasteiger partial charge on any atom is 0.306 e.